The Morgan fingerprint density at radius 2 is 1.96 bits per heavy atom. The molecule has 1 aromatic carbocycles. The highest BCUT2D eigenvalue weighted by atomic mass is 32.1. The van der Waals surface area contributed by atoms with Gasteiger partial charge in [-0.2, -0.15) is 4.52 Å². The molecule has 8 nitrogen and oxygen atoms in total. The number of aromatic nitrogens is 3. The van der Waals surface area contributed by atoms with Crippen LogP contribution in [-0.4, -0.2) is 26.5 Å². The van der Waals surface area contributed by atoms with E-state index in [1.54, 1.807) is 18.2 Å². The van der Waals surface area contributed by atoms with Crippen molar-refractivity contribution in [3.05, 3.63) is 44.5 Å². The normalized spacial score (nSPS) is 11.7. The molecule has 0 aliphatic carbocycles. The molecule has 2 aromatic heterocycles. The maximum Gasteiger partial charge on any atom is 0.308 e. The first-order valence-electron chi connectivity index (χ1n) is 8.28. The number of carbonyl (C=O) groups excluding carboxylic acids is 2. The lowest BCUT2D eigenvalue weighted by atomic mass is 10.2. The van der Waals surface area contributed by atoms with Gasteiger partial charge in [-0.15, -0.1) is 5.10 Å². The van der Waals surface area contributed by atoms with Crippen molar-refractivity contribution in [3.63, 3.8) is 0 Å². The number of hydrogen-bond donors (Lipinski definition) is 0. The third-order valence-corrected chi connectivity index (χ3v) is 4.45. The van der Waals surface area contributed by atoms with Gasteiger partial charge in [0.05, 0.1) is 4.53 Å². The molecule has 2 heterocycles. The second-order valence-electron chi connectivity index (χ2n) is 5.78. The van der Waals surface area contributed by atoms with Gasteiger partial charge in [0.2, 0.25) is 4.96 Å². The van der Waals surface area contributed by atoms with Gasteiger partial charge in [-0.25, -0.2) is 4.98 Å². The van der Waals surface area contributed by atoms with Crippen molar-refractivity contribution in [2.75, 3.05) is 0 Å². The summed E-state index contributed by atoms with van der Waals surface area (Å²) in [6.45, 7) is 4.55. The quantitative estimate of drug-likeness (QED) is 0.483. The summed E-state index contributed by atoms with van der Waals surface area (Å²) in [4.78, 5) is 39.9. The fourth-order valence-electron chi connectivity index (χ4n) is 2.45. The third kappa shape index (κ3) is 4.20. The average molecular weight is 387 g/mol. The Bertz CT molecular complexity index is 1130. The van der Waals surface area contributed by atoms with Crippen LogP contribution in [-0.2, 0) is 16.0 Å². The van der Waals surface area contributed by atoms with Crippen LogP contribution in [0.5, 0.6) is 11.5 Å². The highest BCUT2D eigenvalue weighted by Crippen LogP contribution is 2.26. The van der Waals surface area contributed by atoms with Crippen LogP contribution in [0.15, 0.2) is 23.0 Å². The Hall–Kier alpha value is -3.07. The number of thiazole rings is 1. The number of carbonyl (C=O) groups is 2. The largest absolute Gasteiger partial charge is 0.427 e. The van der Waals surface area contributed by atoms with Gasteiger partial charge in [0.1, 0.15) is 11.5 Å². The number of aryl methyl sites for hydroxylation is 1. The van der Waals surface area contributed by atoms with Crippen molar-refractivity contribution in [1.82, 2.24) is 14.6 Å². The second-order valence-corrected chi connectivity index (χ2v) is 6.78. The number of nitrogens with zero attached hydrogens (tertiary/aromatic N) is 3. The molecule has 27 heavy (non-hydrogen) atoms. The molecule has 0 saturated heterocycles. The van der Waals surface area contributed by atoms with Gasteiger partial charge < -0.3 is 9.47 Å². The molecule has 0 spiro atoms. The van der Waals surface area contributed by atoms with Crippen molar-refractivity contribution < 1.29 is 19.1 Å². The van der Waals surface area contributed by atoms with Gasteiger partial charge in [0.25, 0.3) is 5.56 Å². The first-order chi connectivity index (χ1) is 12.9. The van der Waals surface area contributed by atoms with Crippen molar-refractivity contribution in [3.8, 4) is 11.5 Å². The smallest absolute Gasteiger partial charge is 0.308 e. The van der Waals surface area contributed by atoms with E-state index in [0.29, 0.717) is 27.3 Å². The monoisotopic (exact) mass is 387 g/mol. The van der Waals surface area contributed by atoms with Crippen LogP contribution < -0.4 is 19.6 Å². The first-order valence-corrected chi connectivity index (χ1v) is 9.10. The lowest BCUT2D eigenvalue weighted by Crippen LogP contribution is -2.24. The Morgan fingerprint density at radius 1 is 1.22 bits per heavy atom. The molecule has 140 valence electrons. The van der Waals surface area contributed by atoms with E-state index in [4.69, 9.17) is 9.47 Å². The van der Waals surface area contributed by atoms with Gasteiger partial charge in [0.15, 0.2) is 5.82 Å². The fourth-order valence-corrected chi connectivity index (χ4v) is 3.37. The van der Waals surface area contributed by atoms with Crippen LogP contribution in [0.2, 0.25) is 0 Å². The molecule has 0 radical (unpaired) electrons. The van der Waals surface area contributed by atoms with Crippen molar-refractivity contribution in [1.29, 1.82) is 0 Å². The summed E-state index contributed by atoms with van der Waals surface area (Å²) in [5.74, 6) is 0.0461. The predicted octanol–water partition coefficient (Wildman–Crippen LogP) is 1.50. The molecule has 9 heteroatoms. The number of rotatable bonds is 5. The maximum absolute atomic E-state index is 12.6. The molecule has 0 unspecified atom stereocenters. The molecule has 3 aromatic rings. The summed E-state index contributed by atoms with van der Waals surface area (Å²) < 4.78 is 11.9. The van der Waals surface area contributed by atoms with Gasteiger partial charge >= 0.3 is 11.9 Å². The lowest BCUT2D eigenvalue weighted by Gasteiger charge is -2.08. The highest BCUT2D eigenvalue weighted by molar-refractivity contribution is 7.15. The van der Waals surface area contributed by atoms with Crippen molar-refractivity contribution in [2.24, 2.45) is 0 Å². The first kappa shape index (κ1) is 18.7. The fraction of sp³-hybridized carbons (Fsp3) is 0.278. The van der Waals surface area contributed by atoms with E-state index in [-0.39, 0.29) is 17.1 Å². The van der Waals surface area contributed by atoms with Gasteiger partial charge in [-0.1, -0.05) is 18.3 Å². The minimum Gasteiger partial charge on any atom is -0.427 e. The number of benzene rings is 1. The topological polar surface area (TPSA) is 99.9 Å². The van der Waals surface area contributed by atoms with E-state index in [0.717, 1.165) is 6.42 Å². The third-order valence-electron chi connectivity index (χ3n) is 3.49. The molecule has 3 rings (SSSR count). The van der Waals surface area contributed by atoms with E-state index < -0.39 is 11.9 Å². The number of fused-ring (bicyclic) bond motifs is 1. The van der Waals surface area contributed by atoms with Crippen LogP contribution in [0.1, 0.15) is 38.6 Å². The van der Waals surface area contributed by atoms with Gasteiger partial charge in [-0.3, -0.25) is 14.4 Å². The summed E-state index contributed by atoms with van der Waals surface area (Å²) in [5, 5.41) is 4.22. The zero-order chi connectivity index (χ0) is 19.6. The predicted molar refractivity (Wildman–Crippen MR) is 99.0 cm³/mol. The summed E-state index contributed by atoms with van der Waals surface area (Å²) in [5.41, 5.74) is 0.208. The molecular formula is C18H17N3O5S. The van der Waals surface area contributed by atoms with E-state index in [2.05, 4.69) is 10.1 Å². The molecule has 0 bridgehead atoms. The Kier molecular flexibility index (Phi) is 5.31. The SMILES string of the molecule is CCCc1nc2s/c(=C\c3ccc(OC(C)=O)cc3OC(C)=O)c(=O)n2n1. The zero-order valence-electron chi connectivity index (χ0n) is 15.0. The molecule has 0 saturated carbocycles. The minimum absolute atomic E-state index is 0.186. The molecular weight excluding hydrogens is 370 g/mol. The Balaban J connectivity index is 2.07. The van der Waals surface area contributed by atoms with Crippen molar-refractivity contribution in [2.45, 2.75) is 33.6 Å². The van der Waals surface area contributed by atoms with E-state index in [9.17, 15) is 14.4 Å². The maximum atomic E-state index is 12.6. The summed E-state index contributed by atoms with van der Waals surface area (Å²) >= 11 is 1.20. The second kappa shape index (κ2) is 7.67. The standard InChI is InChI=1S/C18H17N3O5S/c1-4-5-16-19-18-21(20-16)17(24)15(27-18)8-12-6-7-13(25-10(2)22)9-14(12)26-11(3)23/h6-9H,4-5H2,1-3H3/b15-8-. The molecule has 0 fully saturated rings. The molecule has 0 N–H and O–H groups in total. The van der Waals surface area contributed by atoms with Gasteiger partial charge in [-0.05, 0) is 24.6 Å². The van der Waals surface area contributed by atoms with Crippen LogP contribution in [0.4, 0.5) is 0 Å². The summed E-state index contributed by atoms with van der Waals surface area (Å²) in [6, 6.07) is 4.59. The number of esters is 2. The van der Waals surface area contributed by atoms with E-state index in [1.165, 1.54) is 35.8 Å². The van der Waals surface area contributed by atoms with Crippen LogP contribution >= 0.6 is 11.3 Å². The van der Waals surface area contributed by atoms with Crippen molar-refractivity contribution >= 4 is 34.3 Å². The molecule has 0 atom stereocenters. The molecule has 0 aliphatic heterocycles. The van der Waals surface area contributed by atoms with Crippen LogP contribution in [0.25, 0.3) is 11.0 Å². The molecule has 0 aliphatic rings. The average Bonchev–Trinajstić information content (AvgIpc) is 3.09. The van der Waals surface area contributed by atoms with E-state index >= 15 is 0 Å². The van der Waals surface area contributed by atoms with Crippen LogP contribution in [0, 0.1) is 0 Å². The Labute approximate surface area is 158 Å². The highest BCUT2D eigenvalue weighted by Gasteiger charge is 2.12. The van der Waals surface area contributed by atoms with E-state index in [1.807, 2.05) is 6.92 Å². The molecule has 0 amide bonds. The summed E-state index contributed by atoms with van der Waals surface area (Å²) in [6.07, 6.45) is 3.20. The van der Waals surface area contributed by atoms with Crippen LogP contribution in [0.3, 0.4) is 0 Å². The summed E-state index contributed by atoms with van der Waals surface area (Å²) in [7, 11) is 0. The number of ether oxygens (including phenoxy) is 2. The minimum atomic E-state index is -0.529. The lowest BCUT2D eigenvalue weighted by molar-refractivity contribution is -0.132. The Morgan fingerprint density at radius 3 is 2.59 bits per heavy atom. The zero-order valence-corrected chi connectivity index (χ0v) is 15.8. The number of hydrogen-bond acceptors (Lipinski definition) is 8. The van der Waals surface area contributed by atoms with Gasteiger partial charge in [0, 0.05) is 31.9 Å².